The summed E-state index contributed by atoms with van der Waals surface area (Å²) in [6.45, 7) is 0. The van der Waals surface area contributed by atoms with Crippen molar-refractivity contribution in [2.45, 2.75) is 24.7 Å². The summed E-state index contributed by atoms with van der Waals surface area (Å²) in [4.78, 5) is 0. The van der Waals surface area contributed by atoms with Gasteiger partial charge in [0.1, 0.15) is 0 Å². The van der Waals surface area contributed by atoms with Crippen LogP contribution in [0.25, 0.3) is 0 Å². The molecule has 1 unspecified atom stereocenters. The Labute approximate surface area is 95.5 Å². The molecule has 78 valence electrons. The molecule has 15 heavy (non-hydrogen) atoms. The molecule has 0 spiro atoms. The molecule has 1 aromatic carbocycles. The fourth-order valence-corrected chi connectivity index (χ4v) is 2.95. The van der Waals surface area contributed by atoms with E-state index in [0.29, 0.717) is 0 Å². The first-order chi connectivity index (χ1) is 7.32. The van der Waals surface area contributed by atoms with Gasteiger partial charge in [-0.1, -0.05) is 24.3 Å². The van der Waals surface area contributed by atoms with Crippen LogP contribution in [0, 0.1) is 11.3 Å². The number of benzene rings is 1. The maximum atomic E-state index is 9.43. The van der Waals surface area contributed by atoms with Crippen molar-refractivity contribution in [3.63, 3.8) is 0 Å². The molecule has 1 aromatic rings. The summed E-state index contributed by atoms with van der Waals surface area (Å²) in [5.74, 6) is 1.07. The van der Waals surface area contributed by atoms with Crippen molar-refractivity contribution in [1.29, 1.82) is 5.26 Å². The van der Waals surface area contributed by atoms with Gasteiger partial charge < -0.3 is 0 Å². The molecule has 0 radical (unpaired) electrons. The molecule has 2 heteroatoms. The van der Waals surface area contributed by atoms with Gasteiger partial charge in [-0.05, 0) is 42.4 Å². The average Bonchev–Trinajstić information content (AvgIpc) is 2.66. The van der Waals surface area contributed by atoms with Gasteiger partial charge in [0.15, 0.2) is 0 Å². The van der Waals surface area contributed by atoms with Crippen LogP contribution in [0.15, 0.2) is 24.3 Å². The Kier molecular flexibility index (Phi) is 3.02. The van der Waals surface area contributed by atoms with Gasteiger partial charge in [0.05, 0.1) is 11.5 Å². The van der Waals surface area contributed by atoms with Crippen LogP contribution in [0.1, 0.15) is 24.0 Å². The monoisotopic (exact) mass is 217 g/mol. The lowest BCUT2D eigenvalue weighted by molar-refractivity contribution is 0.530. The van der Waals surface area contributed by atoms with E-state index < -0.39 is 0 Å². The quantitative estimate of drug-likeness (QED) is 0.776. The first-order valence-electron chi connectivity index (χ1n) is 5.31. The zero-order valence-corrected chi connectivity index (χ0v) is 9.81. The molecule has 0 fully saturated rings. The van der Waals surface area contributed by atoms with Crippen LogP contribution in [-0.2, 0) is 11.8 Å². The number of nitrogens with zero attached hydrogens (tertiary/aromatic N) is 1. The minimum absolute atomic E-state index is 0.195. The lowest BCUT2D eigenvalue weighted by Crippen LogP contribution is -2.21. The number of rotatable bonds is 3. The fraction of sp³-hybridized carbons (Fsp3) is 0.462. The molecule has 0 bridgehead atoms. The third kappa shape index (κ3) is 1.77. The number of hydrogen-bond donors (Lipinski definition) is 0. The maximum absolute atomic E-state index is 9.43. The highest BCUT2D eigenvalue weighted by Crippen LogP contribution is 2.41. The summed E-state index contributed by atoms with van der Waals surface area (Å²) < 4.78 is 0. The first kappa shape index (κ1) is 10.6. The summed E-state index contributed by atoms with van der Waals surface area (Å²) >= 11 is 1.83. The van der Waals surface area contributed by atoms with Crippen LogP contribution in [0.2, 0.25) is 0 Å². The molecule has 0 aliphatic heterocycles. The van der Waals surface area contributed by atoms with E-state index in [1.807, 2.05) is 11.8 Å². The summed E-state index contributed by atoms with van der Waals surface area (Å²) in [6, 6.07) is 11.0. The van der Waals surface area contributed by atoms with Crippen LogP contribution >= 0.6 is 11.8 Å². The number of thioether (sulfide) groups is 1. The molecule has 0 saturated heterocycles. The molecular weight excluding hydrogens is 202 g/mol. The largest absolute Gasteiger partial charge is 0.197 e. The number of fused-ring (bicyclic) bond motifs is 1. The summed E-state index contributed by atoms with van der Waals surface area (Å²) in [5.41, 5.74) is 2.46. The van der Waals surface area contributed by atoms with Gasteiger partial charge in [-0.25, -0.2) is 0 Å². The van der Waals surface area contributed by atoms with Gasteiger partial charge in [-0.3, -0.25) is 0 Å². The lowest BCUT2D eigenvalue weighted by atomic mass is 9.81. The molecule has 1 nitrogen and oxygen atoms in total. The standard InChI is InChI=1S/C13H15NS/c1-15-9-8-13(10-14)7-6-11-4-2-3-5-12(11)13/h2-5H,6-9H2,1H3. The molecule has 1 atom stereocenters. The minimum Gasteiger partial charge on any atom is -0.197 e. The summed E-state index contributed by atoms with van der Waals surface area (Å²) in [6.07, 6.45) is 5.16. The molecule has 0 amide bonds. The second kappa shape index (κ2) is 4.28. The van der Waals surface area contributed by atoms with E-state index in [1.54, 1.807) is 0 Å². The summed E-state index contributed by atoms with van der Waals surface area (Å²) in [7, 11) is 0. The van der Waals surface area contributed by atoms with E-state index in [2.05, 4.69) is 36.6 Å². The molecular formula is C13H15NS. The number of hydrogen-bond acceptors (Lipinski definition) is 2. The Bertz CT molecular complexity index is 394. The highest BCUT2D eigenvalue weighted by Gasteiger charge is 2.37. The van der Waals surface area contributed by atoms with E-state index in [1.165, 1.54) is 11.1 Å². The Morgan fingerprint density at radius 3 is 3.00 bits per heavy atom. The van der Waals surface area contributed by atoms with Crippen molar-refractivity contribution < 1.29 is 0 Å². The smallest absolute Gasteiger partial charge is 0.0836 e. The Balaban J connectivity index is 2.34. The average molecular weight is 217 g/mol. The third-order valence-electron chi connectivity index (χ3n) is 3.30. The van der Waals surface area contributed by atoms with Crippen molar-refractivity contribution in [3.05, 3.63) is 35.4 Å². The second-order valence-corrected chi connectivity index (χ2v) is 5.08. The van der Waals surface area contributed by atoms with Crippen LogP contribution in [0.4, 0.5) is 0 Å². The predicted molar refractivity (Wildman–Crippen MR) is 65.1 cm³/mol. The second-order valence-electron chi connectivity index (χ2n) is 4.09. The predicted octanol–water partition coefficient (Wildman–Crippen LogP) is 3.15. The van der Waals surface area contributed by atoms with E-state index in [0.717, 1.165) is 25.0 Å². The Morgan fingerprint density at radius 1 is 1.47 bits per heavy atom. The molecule has 0 aromatic heterocycles. The van der Waals surface area contributed by atoms with Crippen LogP contribution in [0.3, 0.4) is 0 Å². The van der Waals surface area contributed by atoms with Gasteiger partial charge >= 0.3 is 0 Å². The van der Waals surface area contributed by atoms with Crippen molar-refractivity contribution >= 4 is 11.8 Å². The van der Waals surface area contributed by atoms with Crippen molar-refractivity contribution in [3.8, 4) is 6.07 Å². The van der Waals surface area contributed by atoms with Crippen LogP contribution < -0.4 is 0 Å². The molecule has 2 rings (SSSR count). The fourth-order valence-electron chi connectivity index (χ4n) is 2.40. The maximum Gasteiger partial charge on any atom is 0.0836 e. The van der Waals surface area contributed by atoms with E-state index >= 15 is 0 Å². The summed E-state index contributed by atoms with van der Waals surface area (Å²) in [5, 5.41) is 9.43. The first-order valence-corrected chi connectivity index (χ1v) is 6.70. The van der Waals surface area contributed by atoms with Crippen molar-refractivity contribution in [1.82, 2.24) is 0 Å². The normalized spacial score (nSPS) is 23.5. The van der Waals surface area contributed by atoms with E-state index in [4.69, 9.17) is 0 Å². The SMILES string of the molecule is CSCCC1(C#N)CCc2ccccc21. The van der Waals surface area contributed by atoms with Crippen molar-refractivity contribution in [2.75, 3.05) is 12.0 Å². The van der Waals surface area contributed by atoms with Crippen molar-refractivity contribution in [2.24, 2.45) is 0 Å². The van der Waals surface area contributed by atoms with E-state index in [-0.39, 0.29) is 5.41 Å². The highest BCUT2D eigenvalue weighted by molar-refractivity contribution is 7.98. The van der Waals surface area contributed by atoms with Gasteiger partial charge in [-0.2, -0.15) is 17.0 Å². The molecule has 1 aliphatic carbocycles. The zero-order chi connectivity index (χ0) is 10.7. The van der Waals surface area contributed by atoms with Gasteiger partial charge in [0.2, 0.25) is 0 Å². The Morgan fingerprint density at radius 2 is 2.27 bits per heavy atom. The van der Waals surface area contributed by atoms with Crippen LogP contribution in [-0.4, -0.2) is 12.0 Å². The molecule has 0 N–H and O–H groups in total. The number of nitriles is 1. The lowest BCUT2D eigenvalue weighted by Gasteiger charge is -2.21. The topological polar surface area (TPSA) is 23.8 Å². The van der Waals surface area contributed by atoms with Gasteiger partial charge in [0.25, 0.3) is 0 Å². The molecule has 1 aliphatic rings. The van der Waals surface area contributed by atoms with Gasteiger partial charge in [0, 0.05) is 0 Å². The highest BCUT2D eigenvalue weighted by atomic mass is 32.2. The zero-order valence-electron chi connectivity index (χ0n) is 8.99. The van der Waals surface area contributed by atoms with Gasteiger partial charge in [-0.15, -0.1) is 0 Å². The third-order valence-corrected chi connectivity index (χ3v) is 3.91. The number of aryl methyl sites for hydroxylation is 1. The molecule has 0 saturated carbocycles. The molecule has 0 heterocycles. The van der Waals surface area contributed by atoms with Crippen LogP contribution in [0.5, 0.6) is 0 Å². The minimum atomic E-state index is -0.195. The Hall–Kier alpha value is -0.940. The van der Waals surface area contributed by atoms with E-state index in [9.17, 15) is 5.26 Å².